The van der Waals surface area contributed by atoms with Crippen molar-refractivity contribution in [3.63, 3.8) is 0 Å². The van der Waals surface area contributed by atoms with E-state index < -0.39 is 78.7 Å². The van der Waals surface area contributed by atoms with Crippen LogP contribution in [0.2, 0.25) is 0 Å². The zero-order chi connectivity index (χ0) is 45.3. The van der Waals surface area contributed by atoms with Crippen LogP contribution < -0.4 is 0 Å². The number of aliphatic hydroxyl groups is 1. The van der Waals surface area contributed by atoms with Crippen LogP contribution in [-0.4, -0.2) is 117 Å². The summed E-state index contributed by atoms with van der Waals surface area (Å²) in [7, 11) is 0. The molecule has 0 aromatic carbocycles. The Morgan fingerprint density at radius 1 is 0.633 bits per heavy atom. The number of carbonyl (C=O) groups excluding carboxylic acids is 7. The van der Waals surface area contributed by atoms with Crippen molar-refractivity contribution in [2.45, 2.75) is 149 Å². The molecule has 60 heavy (non-hydrogen) atoms. The maximum atomic E-state index is 13.3. The maximum absolute atomic E-state index is 13.3. The number of hydrogen-bond donors (Lipinski definition) is 1. The third-order valence-electron chi connectivity index (χ3n) is 8.53. The molecule has 5 atom stereocenters. The first kappa shape index (κ1) is 53.6. The van der Waals surface area contributed by atoms with Gasteiger partial charge in [0, 0.05) is 37.9 Å². The van der Waals surface area contributed by atoms with Gasteiger partial charge in [-0.2, -0.15) is 0 Å². The Balaban J connectivity index is 3.15. The number of rotatable bonds is 30. The summed E-state index contributed by atoms with van der Waals surface area (Å²) in [6, 6.07) is 0. The molecule has 1 aliphatic rings. The third kappa shape index (κ3) is 23.4. The normalized spacial score (nSPS) is 18.0. The topological polar surface area (TPSA) is 223 Å². The summed E-state index contributed by atoms with van der Waals surface area (Å²) < 4.78 is 49.6. The second kappa shape index (κ2) is 28.9. The van der Waals surface area contributed by atoms with Gasteiger partial charge in [0.25, 0.3) is 0 Å². The second-order valence-electron chi connectivity index (χ2n) is 15.6. The summed E-state index contributed by atoms with van der Waals surface area (Å²) >= 11 is 0. The number of aliphatic hydroxyl groups excluding tert-OH is 1. The zero-order valence-electron chi connectivity index (χ0n) is 36.2. The van der Waals surface area contributed by atoms with Gasteiger partial charge in [-0.25, -0.2) is 4.79 Å². The minimum Gasteiger partial charge on any atom is -0.465 e. The summed E-state index contributed by atoms with van der Waals surface area (Å²) in [5.74, 6) is -4.17. The van der Waals surface area contributed by atoms with Crippen molar-refractivity contribution in [1.82, 2.24) is 0 Å². The Hall–Kier alpha value is -4.45. The molecule has 340 valence electrons. The SMILES string of the molecule is C=C(C)C(=O)COCCCCC(=O)OC1C(OC(=O)CCCCOC(=O)C(=C)C)OCC(OC(=O)CCCCOC(O)C(=C)C)C1OC(=O)CCCCOC(=O)C(C)(C)C. The van der Waals surface area contributed by atoms with Gasteiger partial charge >= 0.3 is 35.8 Å². The highest BCUT2D eigenvalue weighted by atomic mass is 16.7. The minimum atomic E-state index is -1.57. The molecule has 17 heteroatoms. The number of ketones is 1. The molecule has 17 nitrogen and oxygen atoms in total. The van der Waals surface area contributed by atoms with E-state index in [1.54, 1.807) is 34.6 Å². The quantitative estimate of drug-likeness (QED) is 0.0248. The van der Waals surface area contributed by atoms with Crippen molar-refractivity contribution in [3.8, 4) is 0 Å². The third-order valence-corrected chi connectivity index (χ3v) is 8.53. The van der Waals surface area contributed by atoms with Gasteiger partial charge in [-0.05, 0) is 104 Å². The molecule has 0 bridgehead atoms. The van der Waals surface area contributed by atoms with Crippen molar-refractivity contribution >= 4 is 41.6 Å². The van der Waals surface area contributed by atoms with E-state index in [2.05, 4.69) is 19.7 Å². The van der Waals surface area contributed by atoms with E-state index in [1.165, 1.54) is 6.92 Å². The molecule has 1 aliphatic heterocycles. The molecule has 0 amide bonds. The van der Waals surface area contributed by atoms with Crippen molar-refractivity contribution in [1.29, 1.82) is 0 Å². The van der Waals surface area contributed by atoms with Crippen LogP contribution in [0.1, 0.15) is 119 Å². The van der Waals surface area contributed by atoms with Gasteiger partial charge in [-0.3, -0.25) is 28.8 Å². The molecule has 1 rings (SSSR count). The minimum absolute atomic E-state index is 0.0436. The Morgan fingerprint density at radius 3 is 1.63 bits per heavy atom. The van der Waals surface area contributed by atoms with E-state index in [1.807, 2.05) is 0 Å². The number of ether oxygens (including phenoxy) is 9. The summed E-state index contributed by atoms with van der Waals surface area (Å²) in [4.78, 5) is 88.1. The van der Waals surface area contributed by atoms with Crippen LogP contribution in [0.25, 0.3) is 0 Å². The van der Waals surface area contributed by atoms with Crippen LogP contribution in [-0.2, 0) is 76.2 Å². The van der Waals surface area contributed by atoms with E-state index >= 15 is 0 Å². The molecule has 1 fully saturated rings. The first-order valence-electron chi connectivity index (χ1n) is 20.3. The van der Waals surface area contributed by atoms with E-state index in [9.17, 15) is 38.7 Å². The first-order valence-corrected chi connectivity index (χ1v) is 20.3. The number of unbranched alkanes of at least 4 members (excludes halogenated alkanes) is 4. The fourth-order valence-corrected chi connectivity index (χ4v) is 4.93. The maximum Gasteiger partial charge on any atom is 0.333 e. The van der Waals surface area contributed by atoms with E-state index in [0.29, 0.717) is 43.3 Å². The summed E-state index contributed by atoms with van der Waals surface area (Å²) in [5, 5.41) is 9.77. The van der Waals surface area contributed by atoms with Gasteiger partial charge in [-0.15, -0.1) is 0 Å². The molecular weight excluding hydrogens is 788 g/mol. The number of Topliss-reactive ketones (excluding diaryl/α,β-unsaturated/α-hetero) is 1. The zero-order valence-corrected chi connectivity index (χ0v) is 36.2. The van der Waals surface area contributed by atoms with Crippen LogP contribution in [0.3, 0.4) is 0 Å². The lowest BCUT2D eigenvalue weighted by molar-refractivity contribution is -0.275. The number of hydrogen-bond acceptors (Lipinski definition) is 17. The number of esters is 6. The van der Waals surface area contributed by atoms with E-state index in [4.69, 9.17) is 42.6 Å². The fraction of sp³-hybridized carbons (Fsp3) is 0.698. The first-order chi connectivity index (χ1) is 28.2. The Kier molecular flexibility index (Phi) is 25.8. The van der Waals surface area contributed by atoms with Gasteiger partial charge in [0.15, 0.2) is 24.3 Å². The average Bonchev–Trinajstić information content (AvgIpc) is 3.16. The summed E-state index contributed by atoms with van der Waals surface area (Å²) in [6.45, 7) is 20.5. The fourth-order valence-electron chi connectivity index (χ4n) is 4.93. The van der Waals surface area contributed by atoms with Crippen LogP contribution >= 0.6 is 0 Å². The van der Waals surface area contributed by atoms with Gasteiger partial charge in [0.2, 0.25) is 12.4 Å². The van der Waals surface area contributed by atoms with Gasteiger partial charge in [-0.1, -0.05) is 19.7 Å². The van der Waals surface area contributed by atoms with Crippen molar-refractivity contribution < 1.29 is 81.3 Å². The Morgan fingerprint density at radius 2 is 1.12 bits per heavy atom. The van der Waals surface area contributed by atoms with Gasteiger partial charge in [0.05, 0.1) is 31.8 Å². The Labute approximate surface area is 353 Å². The summed E-state index contributed by atoms with van der Waals surface area (Å²) in [6.07, 6.45) is -4.94. The predicted molar refractivity (Wildman–Crippen MR) is 214 cm³/mol. The molecule has 1 saturated heterocycles. The lowest BCUT2D eigenvalue weighted by Gasteiger charge is -2.40. The monoisotopic (exact) mass is 854 g/mol. The van der Waals surface area contributed by atoms with Crippen LogP contribution in [0.4, 0.5) is 0 Å². The average molecular weight is 855 g/mol. The second-order valence-corrected chi connectivity index (χ2v) is 15.6. The molecule has 0 aromatic rings. The van der Waals surface area contributed by atoms with Crippen molar-refractivity contribution in [2.24, 2.45) is 5.41 Å². The highest BCUT2D eigenvalue weighted by Gasteiger charge is 2.49. The van der Waals surface area contributed by atoms with Gasteiger partial charge in [0.1, 0.15) is 6.61 Å². The number of carbonyl (C=O) groups is 7. The van der Waals surface area contributed by atoms with Crippen molar-refractivity contribution in [2.75, 3.05) is 39.6 Å². The van der Waals surface area contributed by atoms with Crippen LogP contribution in [0, 0.1) is 5.41 Å². The molecular formula is C43H66O17. The Bertz CT molecular complexity index is 1460. The standard InChI is InChI=1S/C43H66O17/c1-28(2)31(44)26-52-22-14-10-19-35(47)59-38-37(58-34(46)20-13-17-25-55-42(51)43(7,8)9)32(57-33(45)18-11-15-23-53-39(49)29(3)4)27-56-41(38)60-36(48)21-12-16-24-54-40(50)30(5)6/h32,37-39,41,49H,1,3,5,10-27H2,2,4,6-9H3. The molecule has 0 radical (unpaired) electrons. The highest BCUT2D eigenvalue weighted by molar-refractivity contribution is 5.95. The van der Waals surface area contributed by atoms with Crippen LogP contribution in [0.15, 0.2) is 36.5 Å². The predicted octanol–water partition coefficient (Wildman–Crippen LogP) is 5.08. The molecule has 5 unspecified atom stereocenters. The lowest BCUT2D eigenvalue weighted by atomic mass is 9.97. The molecule has 0 saturated carbocycles. The van der Waals surface area contributed by atoms with Crippen LogP contribution in [0.5, 0.6) is 0 Å². The largest absolute Gasteiger partial charge is 0.465 e. The molecule has 1 heterocycles. The highest BCUT2D eigenvalue weighted by Crippen LogP contribution is 2.27. The van der Waals surface area contributed by atoms with E-state index in [-0.39, 0.29) is 89.3 Å². The van der Waals surface area contributed by atoms with E-state index in [0.717, 1.165) is 0 Å². The molecule has 1 N–H and O–H groups in total. The lowest BCUT2D eigenvalue weighted by Crippen LogP contribution is -2.58. The summed E-state index contributed by atoms with van der Waals surface area (Å²) in [5.41, 5.74) is 0.328. The van der Waals surface area contributed by atoms with Gasteiger partial charge < -0.3 is 47.7 Å². The molecule has 0 aromatic heterocycles. The molecule has 0 spiro atoms. The smallest absolute Gasteiger partial charge is 0.333 e. The molecule has 0 aliphatic carbocycles. The van der Waals surface area contributed by atoms with Crippen molar-refractivity contribution in [3.05, 3.63) is 36.5 Å².